The number of furan rings is 1. The summed E-state index contributed by atoms with van der Waals surface area (Å²) in [5.74, 6) is 0.465. The highest BCUT2D eigenvalue weighted by Gasteiger charge is 2.08. The zero-order valence-electron chi connectivity index (χ0n) is 15.0. The van der Waals surface area contributed by atoms with Gasteiger partial charge in [0.25, 0.3) is 5.91 Å². The van der Waals surface area contributed by atoms with E-state index in [4.69, 9.17) is 9.15 Å². The summed E-state index contributed by atoms with van der Waals surface area (Å²) < 4.78 is 11.7. The van der Waals surface area contributed by atoms with E-state index in [2.05, 4.69) is 33.1 Å². The average molecular weight is 488 g/mol. The van der Waals surface area contributed by atoms with E-state index >= 15 is 0 Å². The summed E-state index contributed by atoms with van der Waals surface area (Å²) in [6.45, 7) is 2.10. The van der Waals surface area contributed by atoms with Gasteiger partial charge in [0.15, 0.2) is 0 Å². The molecule has 0 fully saturated rings. The van der Waals surface area contributed by atoms with Gasteiger partial charge >= 0.3 is 5.97 Å². The molecule has 0 aliphatic carbocycles. The van der Waals surface area contributed by atoms with E-state index in [1.54, 1.807) is 55.5 Å². The lowest BCUT2D eigenvalue weighted by atomic mass is 10.1. The first-order valence-corrected chi connectivity index (χ1v) is 9.61. The molecular formula is C21H17IN2O4. The summed E-state index contributed by atoms with van der Waals surface area (Å²) in [6, 6.07) is 17.6. The molecule has 0 saturated carbocycles. The van der Waals surface area contributed by atoms with Crippen molar-refractivity contribution in [3.8, 4) is 11.3 Å². The smallest absolute Gasteiger partial charge is 0.338 e. The van der Waals surface area contributed by atoms with Crippen molar-refractivity contribution in [2.45, 2.75) is 6.92 Å². The molecule has 142 valence electrons. The summed E-state index contributed by atoms with van der Waals surface area (Å²) in [6.07, 6.45) is 1.43. The van der Waals surface area contributed by atoms with E-state index in [9.17, 15) is 9.59 Å². The summed E-state index contributed by atoms with van der Waals surface area (Å²) in [5, 5.41) is 3.92. The van der Waals surface area contributed by atoms with Crippen LogP contribution in [-0.2, 0) is 4.74 Å². The van der Waals surface area contributed by atoms with Crippen LogP contribution in [0, 0.1) is 3.57 Å². The van der Waals surface area contributed by atoms with Gasteiger partial charge in [-0.25, -0.2) is 10.2 Å². The normalized spacial score (nSPS) is 10.8. The molecule has 0 radical (unpaired) electrons. The summed E-state index contributed by atoms with van der Waals surface area (Å²) in [4.78, 5) is 23.7. The molecule has 1 amide bonds. The fraction of sp³-hybridized carbons (Fsp3) is 0.0952. The van der Waals surface area contributed by atoms with Crippen LogP contribution in [0.1, 0.15) is 33.4 Å². The van der Waals surface area contributed by atoms with Gasteiger partial charge in [-0.2, -0.15) is 5.10 Å². The fourth-order valence-corrected chi connectivity index (χ4v) is 2.74. The Morgan fingerprint density at radius 3 is 2.39 bits per heavy atom. The van der Waals surface area contributed by atoms with Crippen LogP contribution >= 0.6 is 22.6 Å². The summed E-state index contributed by atoms with van der Waals surface area (Å²) >= 11 is 2.18. The van der Waals surface area contributed by atoms with Gasteiger partial charge in [-0.05, 0) is 78.0 Å². The van der Waals surface area contributed by atoms with Crippen molar-refractivity contribution < 1.29 is 18.7 Å². The van der Waals surface area contributed by atoms with Gasteiger partial charge in [-0.15, -0.1) is 0 Å². The average Bonchev–Trinajstić information content (AvgIpc) is 3.17. The van der Waals surface area contributed by atoms with Crippen molar-refractivity contribution in [3.63, 3.8) is 0 Å². The number of benzene rings is 2. The highest BCUT2D eigenvalue weighted by atomic mass is 127. The number of nitrogens with one attached hydrogen (secondary N) is 1. The second-order valence-corrected chi connectivity index (χ2v) is 6.95. The number of ether oxygens (including phenoxy) is 1. The maximum Gasteiger partial charge on any atom is 0.338 e. The number of rotatable bonds is 6. The summed E-state index contributed by atoms with van der Waals surface area (Å²) in [5.41, 5.74) is 4.29. The first kappa shape index (κ1) is 19.8. The predicted octanol–water partition coefficient (Wildman–Crippen LogP) is 4.49. The molecule has 0 spiro atoms. The predicted molar refractivity (Wildman–Crippen MR) is 114 cm³/mol. The van der Waals surface area contributed by atoms with E-state index in [-0.39, 0.29) is 11.9 Å². The Labute approximate surface area is 175 Å². The largest absolute Gasteiger partial charge is 0.462 e. The minimum absolute atomic E-state index is 0.297. The number of esters is 1. The maximum absolute atomic E-state index is 12.0. The van der Waals surface area contributed by atoms with Gasteiger partial charge in [0.1, 0.15) is 11.5 Å². The number of carbonyl (C=O) groups is 2. The summed E-state index contributed by atoms with van der Waals surface area (Å²) in [7, 11) is 0. The van der Waals surface area contributed by atoms with Crippen LogP contribution in [0.5, 0.6) is 0 Å². The van der Waals surface area contributed by atoms with Gasteiger partial charge in [0.2, 0.25) is 0 Å². The number of hydrazone groups is 1. The molecule has 3 rings (SSSR count). The lowest BCUT2D eigenvalue weighted by molar-refractivity contribution is 0.0526. The molecule has 1 N–H and O–H groups in total. The van der Waals surface area contributed by atoms with Gasteiger partial charge in [-0.1, -0.05) is 12.1 Å². The SMILES string of the molecule is CCOC(=O)c1ccc(-c2ccc(/C=N\NC(=O)c3ccc(I)cc3)o2)cc1. The maximum atomic E-state index is 12.0. The van der Waals surface area contributed by atoms with Crippen molar-refractivity contribution in [2.24, 2.45) is 5.10 Å². The molecule has 0 aliphatic heterocycles. The number of amides is 1. The molecule has 6 nitrogen and oxygen atoms in total. The first-order valence-electron chi connectivity index (χ1n) is 8.53. The zero-order valence-corrected chi connectivity index (χ0v) is 17.2. The van der Waals surface area contributed by atoms with Crippen LogP contribution < -0.4 is 5.43 Å². The first-order chi connectivity index (χ1) is 13.6. The van der Waals surface area contributed by atoms with Crippen molar-refractivity contribution >= 4 is 40.7 Å². The zero-order chi connectivity index (χ0) is 19.9. The van der Waals surface area contributed by atoms with Gasteiger partial charge in [0.05, 0.1) is 18.4 Å². The molecular weight excluding hydrogens is 471 g/mol. The molecule has 0 saturated heterocycles. The van der Waals surface area contributed by atoms with Crippen molar-refractivity contribution in [1.29, 1.82) is 0 Å². The third kappa shape index (κ3) is 5.07. The topological polar surface area (TPSA) is 80.9 Å². The van der Waals surface area contributed by atoms with Gasteiger partial charge in [-0.3, -0.25) is 4.79 Å². The highest BCUT2D eigenvalue weighted by molar-refractivity contribution is 14.1. The standard InChI is InChI=1S/C21H17IN2O4/c1-2-27-21(26)16-5-3-14(4-6-16)19-12-11-18(28-19)13-23-24-20(25)15-7-9-17(22)10-8-15/h3-13H,2H2,1H3,(H,24,25)/b23-13-. The molecule has 0 aliphatic rings. The second kappa shape index (κ2) is 9.32. The van der Waals surface area contributed by atoms with E-state index in [0.717, 1.165) is 9.13 Å². The Morgan fingerprint density at radius 1 is 1.04 bits per heavy atom. The van der Waals surface area contributed by atoms with Crippen molar-refractivity contribution in [1.82, 2.24) is 5.43 Å². The third-order valence-electron chi connectivity index (χ3n) is 3.77. The molecule has 0 atom stereocenters. The van der Waals surface area contributed by atoms with Gasteiger partial charge < -0.3 is 9.15 Å². The monoisotopic (exact) mass is 488 g/mol. The molecule has 0 unspecified atom stereocenters. The van der Waals surface area contributed by atoms with E-state index in [0.29, 0.717) is 29.3 Å². The Hall–Kier alpha value is -2.94. The number of halogens is 1. The van der Waals surface area contributed by atoms with E-state index < -0.39 is 0 Å². The van der Waals surface area contributed by atoms with Crippen LogP contribution in [-0.4, -0.2) is 24.7 Å². The quantitative estimate of drug-likeness (QED) is 0.240. The Morgan fingerprint density at radius 2 is 1.71 bits per heavy atom. The molecule has 1 heterocycles. The Balaban J connectivity index is 1.62. The van der Waals surface area contributed by atoms with Gasteiger partial charge in [0, 0.05) is 14.7 Å². The van der Waals surface area contributed by atoms with Crippen molar-refractivity contribution in [2.75, 3.05) is 6.61 Å². The van der Waals surface area contributed by atoms with Crippen LogP contribution in [0.3, 0.4) is 0 Å². The number of carbonyl (C=O) groups excluding carboxylic acids is 2. The van der Waals surface area contributed by atoms with Crippen LogP contribution in [0.15, 0.2) is 70.2 Å². The lowest BCUT2D eigenvalue weighted by Crippen LogP contribution is -2.17. The molecule has 0 bridgehead atoms. The Bertz CT molecular complexity index is 992. The lowest BCUT2D eigenvalue weighted by Gasteiger charge is -2.02. The number of hydrogen-bond donors (Lipinski definition) is 1. The van der Waals surface area contributed by atoms with Crippen LogP contribution in [0.2, 0.25) is 0 Å². The molecule has 2 aromatic carbocycles. The van der Waals surface area contributed by atoms with E-state index in [1.807, 2.05) is 12.1 Å². The van der Waals surface area contributed by atoms with Crippen LogP contribution in [0.25, 0.3) is 11.3 Å². The highest BCUT2D eigenvalue weighted by Crippen LogP contribution is 2.22. The molecule has 1 aromatic heterocycles. The Kier molecular flexibility index (Phi) is 6.59. The second-order valence-electron chi connectivity index (χ2n) is 5.71. The molecule has 3 aromatic rings. The number of nitrogens with zero attached hydrogens (tertiary/aromatic N) is 1. The minimum atomic E-state index is -0.356. The van der Waals surface area contributed by atoms with Crippen LogP contribution in [0.4, 0.5) is 0 Å². The van der Waals surface area contributed by atoms with E-state index in [1.165, 1.54) is 6.21 Å². The fourth-order valence-electron chi connectivity index (χ4n) is 2.38. The minimum Gasteiger partial charge on any atom is -0.462 e. The molecule has 7 heteroatoms. The number of hydrogen-bond acceptors (Lipinski definition) is 5. The molecule has 28 heavy (non-hydrogen) atoms. The third-order valence-corrected chi connectivity index (χ3v) is 4.49. The van der Waals surface area contributed by atoms with Crippen molar-refractivity contribution in [3.05, 3.63) is 81.1 Å².